The molecule has 0 aliphatic rings. The number of amides is 1. The predicted molar refractivity (Wildman–Crippen MR) is 92.5 cm³/mol. The van der Waals surface area contributed by atoms with Crippen LogP contribution in [-0.4, -0.2) is 43.0 Å². The van der Waals surface area contributed by atoms with E-state index in [1.54, 1.807) is 11.3 Å². The molecule has 0 aromatic carbocycles. The van der Waals surface area contributed by atoms with Crippen molar-refractivity contribution in [2.75, 3.05) is 26.2 Å². The van der Waals surface area contributed by atoms with Crippen LogP contribution in [0.5, 0.6) is 0 Å². The number of nitrogens with one attached hydrogen (secondary N) is 3. The first-order chi connectivity index (χ1) is 10.7. The average molecular weight is 325 g/mol. The van der Waals surface area contributed by atoms with E-state index in [1.807, 2.05) is 20.8 Å². The quantitative estimate of drug-likeness (QED) is 0.474. The van der Waals surface area contributed by atoms with Crippen LogP contribution < -0.4 is 16.0 Å². The third-order valence-corrected chi connectivity index (χ3v) is 3.69. The van der Waals surface area contributed by atoms with Crippen LogP contribution >= 0.6 is 11.3 Å². The van der Waals surface area contributed by atoms with Gasteiger partial charge in [0.1, 0.15) is 0 Å². The molecular weight excluding hydrogens is 298 g/mol. The van der Waals surface area contributed by atoms with Gasteiger partial charge in [0, 0.05) is 37.9 Å². The molecule has 0 spiro atoms. The molecule has 6 nitrogen and oxygen atoms in total. The fourth-order valence-electron chi connectivity index (χ4n) is 1.80. The van der Waals surface area contributed by atoms with E-state index in [4.69, 9.17) is 0 Å². The number of rotatable bonds is 9. The van der Waals surface area contributed by atoms with E-state index in [-0.39, 0.29) is 5.91 Å². The standard InChI is InChI=1S/C15H27N5OS/c1-4-8-17-14(21)7-10-19-15(16-5-2)18-9-6-13-11-22-12(3)20-13/h11H,4-10H2,1-3H3,(H,17,21)(H2,16,18,19). The normalized spacial score (nSPS) is 11.3. The number of hydrogen-bond donors (Lipinski definition) is 3. The maximum Gasteiger partial charge on any atom is 0.221 e. The molecule has 1 rings (SSSR count). The lowest BCUT2D eigenvalue weighted by molar-refractivity contribution is -0.120. The van der Waals surface area contributed by atoms with Gasteiger partial charge in [0.2, 0.25) is 5.91 Å². The molecule has 1 aromatic heterocycles. The second kappa shape index (κ2) is 11.0. The number of hydrogen-bond acceptors (Lipinski definition) is 4. The lowest BCUT2D eigenvalue weighted by Gasteiger charge is -2.10. The van der Waals surface area contributed by atoms with E-state index >= 15 is 0 Å². The molecule has 0 atom stereocenters. The maximum atomic E-state index is 11.5. The summed E-state index contributed by atoms with van der Waals surface area (Å²) in [5, 5.41) is 12.5. The fraction of sp³-hybridized carbons (Fsp3) is 0.667. The van der Waals surface area contributed by atoms with Crippen LogP contribution in [0, 0.1) is 6.92 Å². The number of guanidine groups is 1. The van der Waals surface area contributed by atoms with Gasteiger partial charge in [-0.3, -0.25) is 9.79 Å². The van der Waals surface area contributed by atoms with E-state index in [0.29, 0.717) is 13.0 Å². The molecule has 0 fully saturated rings. The van der Waals surface area contributed by atoms with Crippen molar-refractivity contribution < 1.29 is 4.79 Å². The third kappa shape index (κ3) is 7.97. The largest absolute Gasteiger partial charge is 0.357 e. The second-order valence-electron chi connectivity index (χ2n) is 4.90. The summed E-state index contributed by atoms with van der Waals surface area (Å²) >= 11 is 1.67. The second-order valence-corrected chi connectivity index (χ2v) is 5.96. The van der Waals surface area contributed by atoms with Crippen molar-refractivity contribution in [1.82, 2.24) is 20.9 Å². The Bertz CT molecular complexity index is 472. The van der Waals surface area contributed by atoms with E-state index in [1.165, 1.54) is 0 Å². The van der Waals surface area contributed by atoms with Crippen LogP contribution in [0.4, 0.5) is 0 Å². The summed E-state index contributed by atoms with van der Waals surface area (Å²) in [6.45, 7) is 8.86. The highest BCUT2D eigenvalue weighted by molar-refractivity contribution is 7.09. The van der Waals surface area contributed by atoms with Crippen molar-refractivity contribution in [3.05, 3.63) is 16.1 Å². The molecule has 1 aromatic rings. The number of carbonyl (C=O) groups excluding carboxylic acids is 1. The highest BCUT2D eigenvalue weighted by atomic mass is 32.1. The minimum atomic E-state index is 0.0550. The first kappa shape index (κ1) is 18.4. The molecule has 0 aliphatic carbocycles. The summed E-state index contributed by atoms with van der Waals surface area (Å²) in [7, 11) is 0. The minimum Gasteiger partial charge on any atom is -0.357 e. The Labute approximate surface area is 136 Å². The van der Waals surface area contributed by atoms with E-state index in [9.17, 15) is 4.79 Å². The maximum absolute atomic E-state index is 11.5. The van der Waals surface area contributed by atoms with Crippen molar-refractivity contribution in [1.29, 1.82) is 0 Å². The number of carbonyl (C=O) groups is 1. The van der Waals surface area contributed by atoms with Gasteiger partial charge in [-0.1, -0.05) is 6.92 Å². The highest BCUT2D eigenvalue weighted by Gasteiger charge is 2.02. The summed E-state index contributed by atoms with van der Waals surface area (Å²) in [4.78, 5) is 20.4. The Kier molecular flexibility index (Phi) is 9.21. The van der Waals surface area contributed by atoms with Gasteiger partial charge in [0.15, 0.2) is 5.96 Å². The van der Waals surface area contributed by atoms with Crippen molar-refractivity contribution in [3.8, 4) is 0 Å². The molecule has 0 bridgehead atoms. The molecule has 0 saturated carbocycles. The SMILES string of the molecule is CCCNC(=O)CCN=C(NCC)NCCc1csc(C)n1. The molecule has 0 aliphatic heterocycles. The van der Waals surface area contributed by atoms with Gasteiger partial charge in [0.25, 0.3) is 0 Å². The molecule has 22 heavy (non-hydrogen) atoms. The molecule has 0 unspecified atom stereocenters. The van der Waals surface area contributed by atoms with Gasteiger partial charge in [-0.15, -0.1) is 11.3 Å². The number of aryl methyl sites for hydroxylation is 1. The van der Waals surface area contributed by atoms with Crippen molar-refractivity contribution in [3.63, 3.8) is 0 Å². The van der Waals surface area contributed by atoms with Gasteiger partial charge in [0.05, 0.1) is 17.2 Å². The van der Waals surface area contributed by atoms with Gasteiger partial charge < -0.3 is 16.0 Å². The highest BCUT2D eigenvalue weighted by Crippen LogP contribution is 2.07. The molecule has 1 amide bonds. The van der Waals surface area contributed by atoms with Gasteiger partial charge in [-0.25, -0.2) is 4.98 Å². The lowest BCUT2D eigenvalue weighted by atomic mass is 10.3. The summed E-state index contributed by atoms with van der Waals surface area (Å²) in [5.41, 5.74) is 1.10. The smallest absolute Gasteiger partial charge is 0.221 e. The molecule has 1 heterocycles. The first-order valence-electron chi connectivity index (χ1n) is 7.85. The first-order valence-corrected chi connectivity index (χ1v) is 8.73. The van der Waals surface area contributed by atoms with E-state index in [0.717, 1.165) is 49.1 Å². The fourth-order valence-corrected chi connectivity index (χ4v) is 2.44. The van der Waals surface area contributed by atoms with Crippen LogP contribution in [0.25, 0.3) is 0 Å². The summed E-state index contributed by atoms with van der Waals surface area (Å²) in [6.07, 6.45) is 2.24. The van der Waals surface area contributed by atoms with Crippen LogP contribution in [0.3, 0.4) is 0 Å². The molecule has 124 valence electrons. The van der Waals surface area contributed by atoms with E-state index < -0.39 is 0 Å². The Balaban J connectivity index is 2.30. The Morgan fingerprint density at radius 1 is 1.27 bits per heavy atom. The number of nitrogens with zero attached hydrogens (tertiary/aromatic N) is 2. The van der Waals surface area contributed by atoms with Gasteiger partial charge >= 0.3 is 0 Å². The van der Waals surface area contributed by atoms with Crippen LogP contribution in [-0.2, 0) is 11.2 Å². The lowest BCUT2D eigenvalue weighted by Crippen LogP contribution is -2.38. The van der Waals surface area contributed by atoms with E-state index in [2.05, 4.69) is 31.3 Å². The summed E-state index contributed by atoms with van der Waals surface area (Å²) < 4.78 is 0. The number of thiazole rings is 1. The Hall–Kier alpha value is -1.63. The van der Waals surface area contributed by atoms with Crippen LogP contribution in [0.1, 0.15) is 37.4 Å². The summed E-state index contributed by atoms with van der Waals surface area (Å²) in [6, 6.07) is 0. The number of aliphatic imine (C=N–C) groups is 1. The van der Waals surface area contributed by atoms with Crippen molar-refractivity contribution >= 4 is 23.2 Å². The topological polar surface area (TPSA) is 78.4 Å². The Morgan fingerprint density at radius 2 is 2.09 bits per heavy atom. The van der Waals surface area contributed by atoms with Crippen LogP contribution in [0.2, 0.25) is 0 Å². The summed E-state index contributed by atoms with van der Waals surface area (Å²) in [5.74, 6) is 0.803. The third-order valence-electron chi connectivity index (χ3n) is 2.87. The van der Waals surface area contributed by atoms with Crippen molar-refractivity contribution in [2.24, 2.45) is 4.99 Å². The molecule has 3 N–H and O–H groups in total. The van der Waals surface area contributed by atoms with Crippen molar-refractivity contribution in [2.45, 2.75) is 40.0 Å². The molecule has 7 heteroatoms. The minimum absolute atomic E-state index is 0.0550. The zero-order chi connectivity index (χ0) is 16.2. The zero-order valence-electron chi connectivity index (χ0n) is 13.7. The zero-order valence-corrected chi connectivity index (χ0v) is 14.6. The van der Waals surface area contributed by atoms with Crippen LogP contribution in [0.15, 0.2) is 10.4 Å². The molecule has 0 saturated heterocycles. The van der Waals surface area contributed by atoms with Gasteiger partial charge in [-0.2, -0.15) is 0 Å². The predicted octanol–water partition coefficient (Wildman–Crippen LogP) is 1.47. The molecular formula is C15H27N5OS. The monoisotopic (exact) mass is 325 g/mol. The Morgan fingerprint density at radius 3 is 2.73 bits per heavy atom. The number of aromatic nitrogens is 1. The van der Waals surface area contributed by atoms with Gasteiger partial charge in [-0.05, 0) is 20.3 Å². The average Bonchev–Trinajstić information content (AvgIpc) is 2.90. The molecule has 0 radical (unpaired) electrons.